The number of fused-ring (bicyclic) bond motifs is 1. The van der Waals surface area contributed by atoms with E-state index >= 15 is 0 Å². The first kappa shape index (κ1) is 32.5. The van der Waals surface area contributed by atoms with Crippen LogP contribution in [0.2, 0.25) is 0 Å². The average Bonchev–Trinajstić information content (AvgIpc) is 2.99. The van der Waals surface area contributed by atoms with Crippen LogP contribution in [0.5, 0.6) is 11.5 Å². The predicted molar refractivity (Wildman–Crippen MR) is 151 cm³/mol. The van der Waals surface area contributed by atoms with Gasteiger partial charge in [-0.25, -0.2) is 8.78 Å². The molecule has 1 saturated heterocycles. The van der Waals surface area contributed by atoms with Gasteiger partial charge in [-0.1, -0.05) is 51.8 Å². The molecule has 10 nitrogen and oxygen atoms in total. The second-order valence-corrected chi connectivity index (χ2v) is 11.9. The number of ether oxygens (including phenoxy) is 2. The number of para-hydroxylation sites is 1. The number of rotatable bonds is 3. The SMILES string of the molecule is CC(C)(C)c1ccccc1NC(=O)C(=O)N1CCCCCC(C(=O)NC2CC(=O)Oc3c(F)cc(F)c(F)c3OCC2=O)C1. The van der Waals surface area contributed by atoms with E-state index in [0.717, 1.165) is 5.56 Å². The fourth-order valence-electron chi connectivity index (χ4n) is 5.16. The standard InChI is InChI=1S/C31H34F3N3O7/c1-31(2,3)18-10-6-7-11-21(18)35-29(41)30(42)37-12-8-4-5-9-17(15-37)28(40)36-22-14-24(39)44-26-20(33)13-19(32)25(34)27(26)43-16-23(22)38/h6-7,10-11,13,17,22H,4-5,8-9,12,14-16H2,1-3H3,(H,35,41)(H,36,40). The first-order valence-electron chi connectivity index (χ1n) is 14.3. The summed E-state index contributed by atoms with van der Waals surface area (Å²) in [6.45, 7) is 5.12. The first-order chi connectivity index (χ1) is 20.8. The van der Waals surface area contributed by atoms with Gasteiger partial charge in [-0.2, -0.15) is 4.39 Å². The van der Waals surface area contributed by atoms with Crippen molar-refractivity contribution in [2.24, 2.45) is 5.92 Å². The minimum absolute atomic E-state index is 0.123. The van der Waals surface area contributed by atoms with Gasteiger partial charge in [0.05, 0.1) is 12.3 Å². The Morgan fingerprint density at radius 2 is 1.70 bits per heavy atom. The molecule has 2 heterocycles. The maximum Gasteiger partial charge on any atom is 0.313 e. The highest BCUT2D eigenvalue weighted by Gasteiger charge is 2.35. The van der Waals surface area contributed by atoms with Gasteiger partial charge in [0.1, 0.15) is 12.6 Å². The molecule has 2 aromatic carbocycles. The van der Waals surface area contributed by atoms with E-state index in [2.05, 4.69) is 10.6 Å². The van der Waals surface area contributed by atoms with Crippen LogP contribution in [0.25, 0.3) is 0 Å². The highest BCUT2D eigenvalue weighted by atomic mass is 19.2. The summed E-state index contributed by atoms with van der Waals surface area (Å²) in [4.78, 5) is 66.3. The van der Waals surface area contributed by atoms with Crippen LogP contribution in [0.15, 0.2) is 30.3 Å². The fourth-order valence-corrected chi connectivity index (χ4v) is 5.16. The van der Waals surface area contributed by atoms with E-state index in [1.54, 1.807) is 12.1 Å². The van der Waals surface area contributed by atoms with Crippen LogP contribution < -0.4 is 20.1 Å². The number of benzene rings is 2. The topological polar surface area (TPSA) is 131 Å². The van der Waals surface area contributed by atoms with Gasteiger partial charge in [-0.3, -0.25) is 24.0 Å². The maximum atomic E-state index is 14.2. The Balaban J connectivity index is 1.46. The summed E-state index contributed by atoms with van der Waals surface area (Å²) >= 11 is 0. The Kier molecular flexibility index (Phi) is 9.95. The number of likely N-dealkylation sites (tertiary alicyclic amines) is 1. The average molecular weight is 618 g/mol. The number of anilines is 1. The third kappa shape index (κ3) is 7.56. The number of carbonyl (C=O) groups excluding carboxylic acids is 5. The molecule has 0 saturated carbocycles. The van der Waals surface area contributed by atoms with Crippen LogP contribution in [0, 0.1) is 23.4 Å². The number of Topliss-reactive ketones (excluding diaryl/α,β-unsaturated/α-hetero) is 1. The summed E-state index contributed by atoms with van der Waals surface area (Å²) in [6.07, 6.45) is 1.51. The highest BCUT2D eigenvalue weighted by Crippen LogP contribution is 2.36. The molecule has 0 aromatic heterocycles. The summed E-state index contributed by atoms with van der Waals surface area (Å²) in [5.41, 5.74) is 1.03. The van der Waals surface area contributed by atoms with Crippen LogP contribution in [0.3, 0.4) is 0 Å². The smallest absolute Gasteiger partial charge is 0.313 e. The van der Waals surface area contributed by atoms with Crippen molar-refractivity contribution in [2.75, 3.05) is 25.0 Å². The van der Waals surface area contributed by atoms with Crippen molar-refractivity contribution in [2.45, 2.75) is 64.3 Å². The van der Waals surface area contributed by atoms with Crippen molar-refractivity contribution in [1.82, 2.24) is 10.2 Å². The molecule has 1 fully saturated rings. The van der Waals surface area contributed by atoms with Crippen molar-refractivity contribution in [3.8, 4) is 11.5 Å². The predicted octanol–water partition coefficient (Wildman–Crippen LogP) is 3.80. The molecule has 236 valence electrons. The van der Waals surface area contributed by atoms with Gasteiger partial charge in [-0.15, -0.1) is 0 Å². The number of amides is 3. The van der Waals surface area contributed by atoms with E-state index in [4.69, 9.17) is 9.47 Å². The van der Waals surface area contributed by atoms with Gasteiger partial charge in [-0.05, 0) is 29.9 Å². The molecule has 0 bridgehead atoms. The summed E-state index contributed by atoms with van der Waals surface area (Å²) in [6, 6.07) is 5.83. The second kappa shape index (κ2) is 13.5. The number of halogens is 3. The number of nitrogens with zero attached hydrogens (tertiary/aromatic N) is 1. The third-order valence-electron chi connectivity index (χ3n) is 7.49. The molecule has 0 radical (unpaired) electrons. The molecule has 0 aliphatic carbocycles. The van der Waals surface area contributed by atoms with E-state index in [-0.39, 0.29) is 24.6 Å². The van der Waals surface area contributed by atoms with Crippen molar-refractivity contribution in [1.29, 1.82) is 0 Å². The zero-order valence-electron chi connectivity index (χ0n) is 24.6. The molecular weight excluding hydrogens is 583 g/mol. The van der Waals surface area contributed by atoms with E-state index in [0.29, 0.717) is 31.4 Å². The number of nitrogens with one attached hydrogen (secondary N) is 2. The van der Waals surface area contributed by atoms with Crippen molar-refractivity contribution in [3.05, 3.63) is 53.3 Å². The van der Waals surface area contributed by atoms with Crippen LogP contribution in [-0.2, 0) is 29.4 Å². The molecule has 13 heteroatoms. The minimum Gasteiger partial charge on any atom is -0.479 e. The van der Waals surface area contributed by atoms with Crippen molar-refractivity contribution >= 4 is 35.2 Å². The zero-order valence-corrected chi connectivity index (χ0v) is 24.6. The molecule has 2 aliphatic heterocycles. The molecule has 2 unspecified atom stereocenters. The van der Waals surface area contributed by atoms with Crippen LogP contribution >= 0.6 is 0 Å². The number of carbonyl (C=O) groups is 5. The molecule has 2 atom stereocenters. The number of esters is 1. The van der Waals surface area contributed by atoms with Crippen LogP contribution in [0.1, 0.15) is 58.4 Å². The van der Waals surface area contributed by atoms with Gasteiger partial charge in [0, 0.05) is 24.8 Å². The quantitative estimate of drug-likeness (QED) is 0.232. The molecular formula is C31H34F3N3O7. The monoisotopic (exact) mass is 617 g/mol. The molecule has 3 amide bonds. The normalized spacial score (nSPS) is 19.5. The summed E-state index contributed by atoms with van der Waals surface area (Å²) in [5, 5.41) is 5.15. The Labute approximate surface area is 252 Å². The van der Waals surface area contributed by atoms with Gasteiger partial charge >= 0.3 is 17.8 Å². The summed E-state index contributed by atoms with van der Waals surface area (Å²) in [7, 11) is 0. The zero-order chi connectivity index (χ0) is 32.2. The molecule has 4 rings (SSSR count). The van der Waals surface area contributed by atoms with Gasteiger partial charge in [0.15, 0.2) is 17.4 Å². The Hall–Kier alpha value is -4.42. The molecule has 44 heavy (non-hydrogen) atoms. The Morgan fingerprint density at radius 3 is 2.43 bits per heavy atom. The fraction of sp³-hybridized carbons (Fsp3) is 0.452. The van der Waals surface area contributed by atoms with Crippen LogP contribution in [-0.4, -0.2) is 60.1 Å². The maximum absolute atomic E-state index is 14.2. The second-order valence-electron chi connectivity index (χ2n) is 11.9. The molecule has 0 spiro atoms. The molecule has 2 N–H and O–H groups in total. The number of hydrogen-bond acceptors (Lipinski definition) is 7. The number of ketones is 1. The lowest BCUT2D eigenvalue weighted by Crippen LogP contribution is -2.50. The van der Waals surface area contributed by atoms with E-state index in [1.807, 2.05) is 32.9 Å². The summed E-state index contributed by atoms with van der Waals surface area (Å²) < 4.78 is 52.0. The Morgan fingerprint density at radius 1 is 0.977 bits per heavy atom. The van der Waals surface area contributed by atoms with Crippen molar-refractivity contribution < 1.29 is 46.6 Å². The van der Waals surface area contributed by atoms with Crippen LogP contribution in [0.4, 0.5) is 18.9 Å². The third-order valence-corrected chi connectivity index (χ3v) is 7.49. The van der Waals surface area contributed by atoms with E-state index < -0.39 is 83.4 Å². The summed E-state index contributed by atoms with van der Waals surface area (Å²) in [5.74, 6) is -12.0. The van der Waals surface area contributed by atoms with Gasteiger partial charge in [0.25, 0.3) is 0 Å². The lowest BCUT2D eigenvalue weighted by Gasteiger charge is -2.30. The lowest BCUT2D eigenvalue weighted by atomic mass is 9.86. The minimum atomic E-state index is -1.64. The largest absolute Gasteiger partial charge is 0.479 e. The first-order valence-corrected chi connectivity index (χ1v) is 14.3. The molecule has 2 aromatic rings. The van der Waals surface area contributed by atoms with E-state index in [1.165, 1.54) is 4.90 Å². The Bertz CT molecular complexity index is 1470. The van der Waals surface area contributed by atoms with Crippen molar-refractivity contribution in [3.63, 3.8) is 0 Å². The van der Waals surface area contributed by atoms with Gasteiger partial charge in [0.2, 0.25) is 23.2 Å². The lowest BCUT2D eigenvalue weighted by molar-refractivity contribution is -0.144. The number of hydrogen-bond donors (Lipinski definition) is 2. The molecule has 2 aliphatic rings. The highest BCUT2D eigenvalue weighted by molar-refractivity contribution is 6.39. The van der Waals surface area contributed by atoms with Gasteiger partial charge < -0.3 is 25.0 Å². The van der Waals surface area contributed by atoms with E-state index in [9.17, 15) is 37.1 Å².